The zero-order valence-electron chi connectivity index (χ0n) is 11.7. The maximum absolute atomic E-state index is 6.04. The Morgan fingerprint density at radius 3 is 2.63 bits per heavy atom. The summed E-state index contributed by atoms with van der Waals surface area (Å²) in [6.07, 6.45) is 3.66. The summed E-state index contributed by atoms with van der Waals surface area (Å²) >= 11 is 0. The largest absolute Gasteiger partial charge is 0.398 e. The van der Waals surface area contributed by atoms with Gasteiger partial charge in [-0.25, -0.2) is 0 Å². The molecule has 0 saturated heterocycles. The predicted octanol–water partition coefficient (Wildman–Crippen LogP) is 2.31. The molecule has 0 amide bonds. The van der Waals surface area contributed by atoms with Crippen LogP contribution in [0, 0.1) is 13.8 Å². The van der Waals surface area contributed by atoms with Crippen molar-refractivity contribution in [2.75, 3.05) is 12.8 Å². The van der Waals surface area contributed by atoms with Crippen LogP contribution in [0.15, 0.2) is 30.6 Å². The van der Waals surface area contributed by atoms with Gasteiger partial charge in [-0.3, -0.25) is 14.9 Å². The molecule has 2 heterocycles. The van der Waals surface area contributed by atoms with Crippen molar-refractivity contribution < 1.29 is 0 Å². The third-order valence-corrected chi connectivity index (χ3v) is 3.25. The average Bonchev–Trinajstić information content (AvgIpc) is 2.41. The zero-order chi connectivity index (χ0) is 13.8. The van der Waals surface area contributed by atoms with E-state index in [0.29, 0.717) is 0 Å². The van der Waals surface area contributed by atoms with Crippen LogP contribution in [0.4, 0.5) is 5.69 Å². The fourth-order valence-corrected chi connectivity index (χ4v) is 2.03. The number of nitrogens with zero attached hydrogens (tertiary/aromatic N) is 3. The summed E-state index contributed by atoms with van der Waals surface area (Å²) < 4.78 is 0. The van der Waals surface area contributed by atoms with E-state index in [1.165, 1.54) is 0 Å². The van der Waals surface area contributed by atoms with Crippen molar-refractivity contribution >= 4 is 5.69 Å². The molecule has 0 bridgehead atoms. The van der Waals surface area contributed by atoms with Crippen molar-refractivity contribution in [2.45, 2.75) is 26.9 Å². The predicted molar refractivity (Wildman–Crippen MR) is 77.5 cm³/mol. The Morgan fingerprint density at radius 1 is 1.16 bits per heavy atom. The molecule has 2 aromatic rings. The summed E-state index contributed by atoms with van der Waals surface area (Å²) in [6, 6.07) is 5.96. The lowest BCUT2D eigenvalue weighted by Crippen LogP contribution is -2.19. The summed E-state index contributed by atoms with van der Waals surface area (Å²) in [7, 11) is 2.06. The van der Waals surface area contributed by atoms with E-state index in [1.54, 1.807) is 0 Å². The first-order valence-electron chi connectivity index (χ1n) is 6.37. The highest BCUT2D eigenvalue weighted by molar-refractivity contribution is 5.53. The summed E-state index contributed by atoms with van der Waals surface area (Å²) in [5.74, 6) is 0. The monoisotopic (exact) mass is 256 g/mol. The van der Waals surface area contributed by atoms with Crippen LogP contribution in [-0.4, -0.2) is 21.9 Å². The number of anilines is 1. The molecular formula is C15H20N4. The molecule has 0 aliphatic rings. The summed E-state index contributed by atoms with van der Waals surface area (Å²) in [5.41, 5.74) is 11.1. The lowest BCUT2D eigenvalue weighted by molar-refractivity contribution is 0.310. The maximum atomic E-state index is 6.04. The SMILES string of the molecule is Cc1cnc(CN(C)Cc2ccccn2)c(C)c1N. The van der Waals surface area contributed by atoms with Crippen LogP contribution in [0.1, 0.15) is 22.5 Å². The van der Waals surface area contributed by atoms with E-state index in [1.807, 2.05) is 44.4 Å². The minimum Gasteiger partial charge on any atom is -0.398 e. The Morgan fingerprint density at radius 2 is 1.95 bits per heavy atom. The number of aromatic nitrogens is 2. The van der Waals surface area contributed by atoms with Gasteiger partial charge < -0.3 is 5.73 Å². The first-order chi connectivity index (χ1) is 9.08. The smallest absolute Gasteiger partial charge is 0.0593 e. The van der Waals surface area contributed by atoms with Crippen LogP contribution in [0.5, 0.6) is 0 Å². The Labute approximate surface area is 114 Å². The standard InChI is InChI=1S/C15H20N4/c1-11-8-18-14(12(2)15(11)16)10-19(3)9-13-6-4-5-7-17-13/h4-8H,9-10H2,1-3H3,(H2,16,18). The highest BCUT2D eigenvalue weighted by Crippen LogP contribution is 2.19. The van der Waals surface area contributed by atoms with Crippen molar-refractivity contribution in [1.82, 2.24) is 14.9 Å². The second kappa shape index (κ2) is 5.80. The normalized spacial score (nSPS) is 10.9. The Bertz CT molecular complexity index is 552. The van der Waals surface area contributed by atoms with Gasteiger partial charge >= 0.3 is 0 Å². The Hall–Kier alpha value is -1.94. The van der Waals surface area contributed by atoms with Gasteiger partial charge in [0.05, 0.1) is 11.4 Å². The fraction of sp³-hybridized carbons (Fsp3) is 0.333. The molecular weight excluding hydrogens is 236 g/mol. The quantitative estimate of drug-likeness (QED) is 0.912. The minimum absolute atomic E-state index is 0.771. The number of pyridine rings is 2. The van der Waals surface area contributed by atoms with Crippen molar-refractivity contribution in [3.05, 3.63) is 53.1 Å². The van der Waals surface area contributed by atoms with Gasteiger partial charge in [-0.05, 0) is 44.2 Å². The lowest BCUT2D eigenvalue weighted by Gasteiger charge is -2.18. The van der Waals surface area contributed by atoms with Crippen LogP contribution in [0.2, 0.25) is 0 Å². The first-order valence-corrected chi connectivity index (χ1v) is 6.37. The number of hydrogen-bond acceptors (Lipinski definition) is 4. The zero-order valence-corrected chi connectivity index (χ0v) is 11.7. The molecule has 0 atom stereocenters. The number of rotatable bonds is 4. The number of hydrogen-bond donors (Lipinski definition) is 1. The summed E-state index contributed by atoms with van der Waals surface area (Å²) in [5, 5.41) is 0. The van der Waals surface area contributed by atoms with Crippen LogP contribution < -0.4 is 5.73 Å². The molecule has 0 aliphatic heterocycles. The molecule has 0 radical (unpaired) electrons. The van der Waals surface area contributed by atoms with E-state index in [4.69, 9.17) is 5.73 Å². The van der Waals surface area contributed by atoms with Crippen LogP contribution in [0.3, 0.4) is 0 Å². The van der Waals surface area contributed by atoms with E-state index in [2.05, 4.69) is 21.9 Å². The molecule has 0 fully saturated rings. The number of nitrogens with two attached hydrogens (primary N) is 1. The Kier molecular flexibility index (Phi) is 4.12. The third-order valence-electron chi connectivity index (χ3n) is 3.25. The highest BCUT2D eigenvalue weighted by atomic mass is 15.1. The van der Waals surface area contributed by atoms with Gasteiger partial charge in [0.25, 0.3) is 0 Å². The van der Waals surface area contributed by atoms with Crippen molar-refractivity contribution in [3.63, 3.8) is 0 Å². The molecule has 0 saturated carbocycles. The van der Waals surface area contributed by atoms with Crippen molar-refractivity contribution in [2.24, 2.45) is 0 Å². The van der Waals surface area contributed by atoms with Gasteiger partial charge in [-0.2, -0.15) is 0 Å². The molecule has 4 nitrogen and oxygen atoms in total. The molecule has 2 N–H and O–H groups in total. The second-order valence-corrected chi connectivity index (χ2v) is 4.92. The topological polar surface area (TPSA) is 55.0 Å². The van der Waals surface area contributed by atoms with E-state index >= 15 is 0 Å². The molecule has 0 aliphatic carbocycles. The molecule has 2 rings (SSSR count). The van der Waals surface area contributed by atoms with Gasteiger partial charge in [-0.15, -0.1) is 0 Å². The molecule has 4 heteroatoms. The van der Waals surface area contributed by atoms with E-state index in [0.717, 1.165) is 41.3 Å². The van der Waals surface area contributed by atoms with Gasteiger partial charge in [0, 0.05) is 31.2 Å². The second-order valence-electron chi connectivity index (χ2n) is 4.92. The molecule has 19 heavy (non-hydrogen) atoms. The van der Waals surface area contributed by atoms with Crippen LogP contribution >= 0.6 is 0 Å². The highest BCUT2D eigenvalue weighted by Gasteiger charge is 2.09. The first kappa shape index (κ1) is 13.5. The van der Waals surface area contributed by atoms with Gasteiger partial charge in [-0.1, -0.05) is 6.07 Å². The molecule has 100 valence electrons. The van der Waals surface area contributed by atoms with Crippen molar-refractivity contribution in [3.8, 4) is 0 Å². The van der Waals surface area contributed by atoms with Crippen LogP contribution in [-0.2, 0) is 13.1 Å². The molecule has 0 aromatic carbocycles. The number of aryl methyl sites for hydroxylation is 1. The average molecular weight is 256 g/mol. The van der Waals surface area contributed by atoms with Gasteiger partial charge in [0.2, 0.25) is 0 Å². The van der Waals surface area contributed by atoms with Crippen molar-refractivity contribution in [1.29, 1.82) is 0 Å². The summed E-state index contributed by atoms with van der Waals surface area (Å²) in [4.78, 5) is 11.0. The molecule has 2 aromatic heterocycles. The van der Waals surface area contributed by atoms with E-state index < -0.39 is 0 Å². The minimum atomic E-state index is 0.771. The molecule has 0 unspecified atom stereocenters. The molecule has 0 spiro atoms. The fourth-order valence-electron chi connectivity index (χ4n) is 2.03. The van der Waals surface area contributed by atoms with Gasteiger partial charge in [0.15, 0.2) is 0 Å². The van der Waals surface area contributed by atoms with E-state index in [-0.39, 0.29) is 0 Å². The number of nitrogen functional groups attached to an aromatic ring is 1. The van der Waals surface area contributed by atoms with Crippen LogP contribution in [0.25, 0.3) is 0 Å². The maximum Gasteiger partial charge on any atom is 0.0593 e. The Balaban J connectivity index is 2.07. The van der Waals surface area contributed by atoms with Gasteiger partial charge in [0.1, 0.15) is 0 Å². The van der Waals surface area contributed by atoms with E-state index in [9.17, 15) is 0 Å². The lowest BCUT2D eigenvalue weighted by atomic mass is 10.1. The summed E-state index contributed by atoms with van der Waals surface area (Å²) in [6.45, 7) is 5.58. The third kappa shape index (κ3) is 3.29.